The highest BCUT2D eigenvalue weighted by molar-refractivity contribution is 5.89. The van der Waals surface area contributed by atoms with Crippen molar-refractivity contribution in [2.45, 2.75) is 44.4 Å². The average Bonchev–Trinajstić information content (AvgIpc) is 3.16. The fourth-order valence-electron chi connectivity index (χ4n) is 3.17. The summed E-state index contributed by atoms with van der Waals surface area (Å²) in [5.74, 6) is 2.52. The van der Waals surface area contributed by atoms with Crippen LogP contribution in [0, 0.1) is 0 Å². The maximum absolute atomic E-state index is 12.3. The van der Waals surface area contributed by atoms with Gasteiger partial charge in [0.1, 0.15) is 5.75 Å². The molecule has 0 atom stereocenters. The molecule has 1 fully saturated rings. The molecule has 0 spiro atoms. The molecule has 3 rings (SSSR count). The summed E-state index contributed by atoms with van der Waals surface area (Å²) in [6.07, 6.45) is 6.59. The van der Waals surface area contributed by atoms with Gasteiger partial charge in [-0.05, 0) is 25.0 Å². The van der Waals surface area contributed by atoms with Crippen molar-refractivity contribution in [3.05, 3.63) is 36.0 Å². The molecule has 1 heterocycles. The number of hydrogen-bond acceptors (Lipinski definition) is 5. The number of nitrogens with zero attached hydrogens (tertiary/aromatic N) is 3. The molecule has 0 aliphatic heterocycles. The summed E-state index contributed by atoms with van der Waals surface area (Å²) >= 11 is 0. The standard InChI is InChI=1S/C19H26N4O3/c1-23(19(24)20-15-9-6-10-16(13-15)25-2)12-11-17-21-18(26-22-17)14-7-4-3-5-8-14/h6,9-10,13-14H,3-5,7-8,11-12H2,1-2H3,(H,20,24). The van der Waals surface area contributed by atoms with Crippen LogP contribution >= 0.6 is 0 Å². The highest BCUT2D eigenvalue weighted by Crippen LogP contribution is 2.31. The number of amides is 2. The summed E-state index contributed by atoms with van der Waals surface area (Å²) in [5.41, 5.74) is 0.695. The molecule has 0 saturated heterocycles. The monoisotopic (exact) mass is 358 g/mol. The van der Waals surface area contributed by atoms with Gasteiger partial charge >= 0.3 is 6.03 Å². The molecule has 1 aromatic carbocycles. The zero-order valence-corrected chi connectivity index (χ0v) is 15.4. The summed E-state index contributed by atoms with van der Waals surface area (Å²) in [5, 5.41) is 6.92. The minimum Gasteiger partial charge on any atom is -0.497 e. The fourth-order valence-corrected chi connectivity index (χ4v) is 3.17. The molecular weight excluding hydrogens is 332 g/mol. The number of likely N-dealkylation sites (N-methyl/N-ethyl adjacent to an activating group) is 1. The maximum Gasteiger partial charge on any atom is 0.321 e. The molecule has 7 heteroatoms. The Hall–Kier alpha value is -2.57. The van der Waals surface area contributed by atoms with Gasteiger partial charge in [0.15, 0.2) is 5.82 Å². The van der Waals surface area contributed by atoms with Crippen molar-refractivity contribution in [2.24, 2.45) is 0 Å². The summed E-state index contributed by atoms with van der Waals surface area (Å²) in [6.45, 7) is 0.513. The van der Waals surface area contributed by atoms with E-state index < -0.39 is 0 Å². The molecule has 1 aliphatic carbocycles. The van der Waals surface area contributed by atoms with Crippen molar-refractivity contribution in [3.8, 4) is 5.75 Å². The summed E-state index contributed by atoms with van der Waals surface area (Å²) in [4.78, 5) is 18.4. The Bertz CT molecular complexity index is 725. The summed E-state index contributed by atoms with van der Waals surface area (Å²) < 4.78 is 10.6. The first-order valence-electron chi connectivity index (χ1n) is 9.14. The highest BCUT2D eigenvalue weighted by atomic mass is 16.5. The Morgan fingerprint density at radius 3 is 2.92 bits per heavy atom. The van der Waals surface area contributed by atoms with Crippen molar-refractivity contribution in [2.75, 3.05) is 26.0 Å². The zero-order chi connectivity index (χ0) is 18.4. The zero-order valence-electron chi connectivity index (χ0n) is 15.4. The van der Waals surface area contributed by atoms with E-state index in [-0.39, 0.29) is 6.03 Å². The third-order valence-electron chi connectivity index (χ3n) is 4.78. The largest absolute Gasteiger partial charge is 0.497 e. The second-order valence-corrected chi connectivity index (χ2v) is 6.72. The molecule has 140 valence electrons. The number of methoxy groups -OCH3 is 1. The molecule has 1 aromatic heterocycles. The van der Waals surface area contributed by atoms with Gasteiger partial charge in [-0.15, -0.1) is 0 Å². The molecule has 7 nitrogen and oxygen atoms in total. The predicted molar refractivity (Wildman–Crippen MR) is 98.5 cm³/mol. The highest BCUT2D eigenvalue weighted by Gasteiger charge is 2.21. The molecule has 26 heavy (non-hydrogen) atoms. The van der Waals surface area contributed by atoms with E-state index in [1.54, 1.807) is 25.1 Å². The molecule has 1 N–H and O–H groups in total. The Labute approximate surface area is 153 Å². The number of aromatic nitrogens is 2. The fraction of sp³-hybridized carbons (Fsp3) is 0.526. The average molecular weight is 358 g/mol. The lowest BCUT2D eigenvalue weighted by atomic mass is 9.89. The molecule has 1 saturated carbocycles. The number of carbonyl (C=O) groups is 1. The van der Waals surface area contributed by atoms with Crippen molar-refractivity contribution in [1.82, 2.24) is 15.0 Å². The lowest BCUT2D eigenvalue weighted by Crippen LogP contribution is -2.33. The van der Waals surface area contributed by atoms with Crippen LogP contribution in [0.4, 0.5) is 10.5 Å². The van der Waals surface area contributed by atoms with Crippen molar-refractivity contribution >= 4 is 11.7 Å². The smallest absolute Gasteiger partial charge is 0.321 e. The maximum atomic E-state index is 12.3. The van der Waals surface area contributed by atoms with E-state index >= 15 is 0 Å². The van der Waals surface area contributed by atoms with Crippen molar-refractivity contribution in [3.63, 3.8) is 0 Å². The van der Waals surface area contributed by atoms with Gasteiger partial charge in [0.25, 0.3) is 0 Å². The first-order valence-corrected chi connectivity index (χ1v) is 9.14. The van der Waals surface area contributed by atoms with Gasteiger partial charge in [-0.3, -0.25) is 0 Å². The number of hydrogen-bond donors (Lipinski definition) is 1. The van der Waals surface area contributed by atoms with Crippen LogP contribution in [0.15, 0.2) is 28.8 Å². The minimum absolute atomic E-state index is 0.186. The van der Waals surface area contributed by atoms with E-state index in [1.165, 1.54) is 19.3 Å². The Balaban J connectivity index is 1.49. The SMILES string of the molecule is COc1cccc(NC(=O)N(C)CCc2noc(C3CCCCC3)n2)c1. The second-order valence-electron chi connectivity index (χ2n) is 6.72. The van der Waals surface area contributed by atoms with E-state index in [2.05, 4.69) is 15.5 Å². The van der Waals surface area contributed by atoms with Crippen LogP contribution in [0.3, 0.4) is 0 Å². The molecule has 0 bridgehead atoms. The van der Waals surface area contributed by atoms with Gasteiger partial charge in [0, 0.05) is 37.7 Å². The van der Waals surface area contributed by atoms with Crippen molar-refractivity contribution in [1.29, 1.82) is 0 Å². The van der Waals surface area contributed by atoms with E-state index in [0.717, 1.165) is 18.7 Å². The van der Waals surface area contributed by atoms with Crippen LogP contribution < -0.4 is 10.1 Å². The number of carbonyl (C=O) groups excluding carboxylic acids is 1. The number of urea groups is 1. The van der Waals surface area contributed by atoms with Crippen LogP contribution in [-0.4, -0.2) is 41.8 Å². The third-order valence-corrected chi connectivity index (χ3v) is 4.78. The molecule has 0 unspecified atom stereocenters. The molecule has 2 amide bonds. The Morgan fingerprint density at radius 1 is 1.35 bits per heavy atom. The van der Waals surface area contributed by atoms with E-state index in [1.807, 2.05) is 18.2 Å². The van der Waals surface area contributed by atoms with Gasteiger partial charge in [-0.1, -0.05) is 30.5 Å². The molecule has 1 aliphatic rings. The van der Waals surface area contributed by atoms with Gasteiger partial charge in [0.2, 0.25) is 5.89 Å². The van der Waals surface area contributed by atoms with E-state index in [0.29, 0.717) is 36.1 Å². The first-order chi connectivity index (χ1) is 12.7. The molecule has 2 aromatic rings. The quantitative estimate of drug-likeness (QED) is 0.849. The first kappa shape index (κ1) is 18.2. The van der Waals surface area contributed by atoms with Gasteiger partial charge in [-0.2, -0.15) is 4.98 Å². The Morgan fingerprint density at radius 2 is 2.15 bits per heavy atom. The molecule has 0 radical (unpaired) electrons. The van der Waals surface area contributed by atoms with Crippen LogP contribution in [-0.2, 0) is 6.42 Å². The number of nitrogens with one attached hydrogen (secondary N) is 1. The van der Waals surface area contributed by atoms with Gasteiger partial charge in [-0.25, -0.2) is 4.79 Å². The minimum atomic E-state index is -0.186. The van der Waals surface area contributed by atoms with Crippen molar-refractivity contribution < 1.29 is 14.1 Å². The summed E-state index contributed by atoms with van der Waals surface area (Å²) in [6, 6.07) is 7.08. The second kappa shape index (κ2) is 8.69. The number of ether oxygens (including phenoxy) is 1. The van der Waals surface area contributed by atoms with E-state index in [4.69, 9.17) is 9.26 Å². The van der Waals surface area contributed by atoms with Gasteiger partial charge < -0.3 is 19.5 Å². The van der Waals surface area contributed by atoms with Gasteiger partial charge in [0.05, 0.1) is 7.11 Å². The van der Waals surface area contributed by atoms with Crippen LogP contribution in [0.2, 0.25) is 0 Å². The predicted octanol–water partition coefficient (Wildman–Crippen LogP) is 3.83. The Kier molecular flexibility index (Phi) is 6.09. The number of rotatable bonds is 6. The summed E-state index contributed by atoms with van der Waals surface area (Å²) in [7, 11) is 3.34. The number of anilines is 1. The number of benzene rings is 1. The molecular formula is C19H26N4O3. The van der Waals surface area contributed by atoms with E-state index in [9.17, 15) is 4.79 Å². The third kappa shape index (κ3) is 4.74. The van der Waals surface area contributed by atoms with Crippen LogP contribution in [0.25, 0.3) is 0 Å². The normalized spacial score (nSPS) is 14.8. The van der Waals surface area contributed by atoms with Crippen LogP contribution in [0.5, 0.6) is 5.75 Å². The lowest BCUT2D eigenvalue weighted by molar-refractivity contribution is 0.222. The topological polar surface area (TPSA) is 80.5 Å². The lowest BCUT2D eigenvalue weighted by Gasteiger charge is -2.17. The van der Waals surface area contributed by atoms with Crippen LogP contribution in [0.1, 0.15) is 49.7 Å².